The van der Waals surface area contributed by atoms with E-state index in [0.29, 0.717) is 10.8 Å². The summed E-state index contributed by atoms with van der Waals surface area (Å²) in [6, 6.07) is 10.2. The summed E-state index contributed by atoms with van der Waals surface area (Å²) in [6.07, 6.45) is 1.56. The Labute approximate surface area is 136 Å². The minimum Gasteiger partial charge on any atom is -0.383 e. The van der Waals surface area contributed by atoms with E-state index in [1.807, 2.05) is 25.2 Å². The molecule has 0 spiro atoms. The van der Waals surface area contributed by atoms with E-state index in [0.717, 1.165) is 15.8 Å². The predicted octanol–water partition coefficient (Wildman–Crippen LogP) is 4.13. The first-order chi connectivity index (χ1) is 9.60. The quantitative estimate of drug-likeness (QED) is 0.775. The number of pyridine rings is 1. The highest BCUT2D eigenvalue weighted by atomic mass is 79.9. The summed E-state index contributed by atoms with van der Waals surface area (Å²) >= 11 is 11.2. The van der Waals surface area contributed by atoms with Crippen LogP contribution in [-0.4, -0.2) is 17.8 Å². The van der Waals surface area contributed by atoms with Crippen LogP contribution in [0.4, 0.5) is 5.82 Å². The molecular weight excluding hydrogens is 358 g/mol. The summed E-state index contributed by atoms with van der Waals surface area (Å²) in [7, 11) is 1.91. The number of hydrogen-bond donors (Lipinski definition) is 2. The van der Waals surface area contributed by atoms with E-state index in [4.69, 9.17) is 17.3 Å². The van der Waals surface area contributed by atoms with Crippen molar-refractivity contribution in [1.82, 2.24) is 10.3 Å². The molecule has 106 valence electrons. The topological polar surface area (TPSA) is 50.9 Å². The van der Waals surface area contributed by atoms with E-state index in [2.05, 4.69) is 38.4 Å². The van der Waals surface area contributed by atoms with Crippen LogP contribution in [0.15, 0.2) is 45.9 Å². The van der Waals surface area contributed by atoms with Gasteiger partial charge in [0.25, 0.3) is 0 Å². The lowest BCUT2D eigenvalue weighted by Gasteiger charge is -2.18. The van der Waals surface area contributed by atoms with Gasteiger partial charge in [0.05, 0.1) is 5.02 Å². The molecule has 0 radical (unpaired) electrons. The van der Waals surface area contributed by atoms with Crippen LogP contribution >= 0.6 is 39.3 Å². The van der Waals surface area contributed by atoms with E-state index in [1.165, 1.54) is 4.90 Å². The third kappa shape index (κ3) is 4.12. The average molecular weight is 373 g/mol. The summed E-state index contributed by atoms with van der Waals surface area (Å²) in [4.78, 5) is 5.31. The number of halogens is 2. The van der Waals surface area contributed by atoms with Gasteiger partial charge in [0, 0.05) is 32.9 Å². The van der Waals surface area contributed by atoms with Crippen LogP contribution in [0.5, 0.6) is 0 Å². The van der Waals surface area contributed by atoms with Crippen molar-refractivity contribution in [3.05, 3.63) is 51.6 Å². The summed E-state index contributed by atoms with van der Waals surface area (Å²) in [5.41, 5.74) is 6.87. The monoisotopic (exact) mass is 371 g/mol. The molecule has 0 fully saturated rings. The highest BCUT2D eigenvalue weighted by Gasteiger charge is 2.14. The Hall–Kier alpha value is -0.750. The zero-order valence-corrected chi connectivity index (χ0v) is 14.1. The fourth-order valence-corrected chi connectivity index (χ4v) is 3.62. The zero-order chi connectivity index (χ0) is 14.5. The SMILES string of the molecule is CNC(CSc1cccc(Br)c1)c1cc(Cl)cnc1N. The summed E-state index contributed by atoms with van der Waals surface area (Å²) in [5, 5.41) is 3.86. The normalized spacial score (nSPS) is 12.3. The van der Waals surface area contributed by atoms with Gasteiger partial charge in [-0.1, -0.05) is 33.6 Å². The van der Waals surface area contributed by atoms with E-state index in [1.54, 1.807) is 18.0 Å². The molecule has 2 aromatic rings. The van der Waals surface area contributed by atoms with Gasteiger partial charge in [-0.25, -0.2) is 4.98 Å². The van der Waals surface area contributed by atoms with Gasteiger partial charge in [0.2, 0.25) is 0 Å². The second kappa shape index (κ2) is 7.31. The van der Waals surface area contributed by atoms with E-state index in [9.17, 15) is 0 Å². The number of nitrogens with two attached hydrogens (primary N) is 1. The van der Waals surface area contributed by atoms with Crippen molar-refractivity contribution < 1.29 is 0 Å². The number of nitrogens with zero attached hydrogens (tertiary/aromatic N) is 1. The van der Waals surface area contributed by atoms with Crippen LogP contribution in [-0.2, 0) is 0 Å². The number of benzene rings is 1. The molecule has 0 aliphatic carbocycles. The maximum atomic E-state index is 6.00. The molecule has 0 aliphatic heterocycles. The second-order valence-corrected chi connectivity index (χ2v) is 6.68. The Morgan fingerprint density at radius 1 is 1.45 bits per heavy atom. The fourth-order valence-electron chi connectivity index (χ4n) is 1.81. The Morgan fingerprint density at radius 3 is 2.95 bits per heavy atom. The lowest BCUT2D eigenvalue weighted by molar-refractivity contribution is 0.661. The average Bonchev–Trinajstić information content (AvgIpc) is 2.43. The van der Waals surface area contributed by atoms with Crippen molar-refractivity contribution in [3.63, 3.8) is 0 Å². The third-order valence-corrected chi connectivity index (χ3v) is 4.64. The van der Waals surface area contributed by atoms with Crippen LogP contribution in [0.2, 0.25) is 5.02 Å². The van der Waals surface area contributed by atoms with Gasteiger partial charge in [-0.2, -0.15) is 0 Å². The van der Waals surface area contributed by atoms with Crippen molar-refractivity contribution in [3.8, 4) is 0 Å². The molecule has 1 unspecified atom stereocenters. The zero-order valence-electron chi connectivity index (χ0n) is 10.9. The van der Waals surface area contributed by atoms with Gasteiger partial charge in [-0.05, 0) is 31.3 Å². The first-order valence-electron chi connectivity index (χ1n) is 6.06. The van der Waals surface area contributed by atoms with Gasteiger partial charge in [-0.3, -0.25) is 0 Å². The number of nitrogen functional groups attached to an aromatic ring is 1. The first-order valence-corrected chi connectivity index (χ1v) is 8.22. The third-order valence-electron chi connectivity index (χ3n) is 2.85. The molecule has 0 saturated heterocycles. The molecule has 1 heterocycles. The van der Waals surface area contributed by atoms with Crippen LogP contribution in [0, 0.1) is 0 Å². The van der Waals surface area contributed by atoms with E-state index < -0.39 is 0 Å². The minimum atomic E-state index is 0.102. The predicted molar refractivity (Wildman–Crippen MR) is 90.3 cm³/mol. The molecule has 1 atom stereocenters. The number of thioether (sulfide) groups is 1. The van der Waals surface area contributed by atoms with Crippen LogP contribution < -0.4 is 11.1 Å². The van der Waals surface area contributed by atoms with E-state index >= 15 is 0 Å². The van der Waals surface area contributed by atoms with Crippen molar-refractivity contribution in [1.29, 1.82) is 0 Å². The summed E-state index contributed by atoms with van der Waals surface area (Å²) in [6.45, 7) is 0. The first kappa shape index (κ1) is 15.6. The van der Waals surface area contributed by atoms with Gasteiger partial charge in [0.15, 0.2) is 0 Å². The number of aromatic nitrogens is 1. The number of hydrogen-bond acceptors (Lipinski definition) is 4. The minimum absolute atomic E-state index is 0.102. The lowest BCUT2D eigenvalue weighted by Crippen LogP contribution is -2.20. The summed E-state index contributed by atoms with van der Waals surface area (Å²) < 4.78 is 1.08. The highest BCUT2D eigenvalue weighted by Crippen LogP contribution is 2.29. The van der Waals surface area contributed by atoms with E-state index in [-0.39, 0.29) is 6.04 Å². The molecule has 1 aromatic carbocycles. The van der Waals surface area contributed by atoms with Gasteiger partial charge >= 0.3 is 0 Å². The van der Waals surface area contributed by atoms with Crippen molar-refractivity contribution in [2.45, 2.75) is 10.9 Å². The number of rotatable bonds is 5. The van der Waals surface area contributed by atoms with Crippen molar-refractivity contribution in [2.24, 2.45) is 0 Å². The second-order valence-electron chi connectivity index (χ2n) is 4.24. The van der Waals surface area contributed by atoms with Crippen molar-refractivity contribution >= 4 is 45.1 Å². The van der Waals surface area contributed by atoms with Crippen molar-refractivity contribution in [2.75, 3.05) is 18.5 Å². The molecule has 0 saturated carbocycles. The Balaban J connectivity index is 2.11. The molecular formula is C14H15BrClN3S. The van der Waals surface area contributed by atoms with Gasteiger partial charge < -0.3 is 11.1 Å². The molecule has 20 heavy (non-hydrogen) atoms. The molecule has 0 aliphatic rings. The Bertz CT molecular complexity index is 594. The smallest absolute Gasteiger partial charge is 0.128 e. The highest BCUT2D eigenvalue weighted by molar-refractivity contribution is 9.10. The van der Waals surface area contributed by atoms with Gasteiger partial charge in [0.1, 0.15) is 5.82 Å². The van der Waals surface area contributed by atoms with Crippen LogP contribution in [0.3, 0.4) is 0 Å². The molecule has 0 amide bonds. The number of anilines is 1. The Morgan fingerprint density at radius 2 is 2.25 bits per heavy atom. The summed E-state index contributed by atoms with van der Waals surface area (Å²) in [5.74, 6) is 1.36. The lowest BCUT2D eigenvalue weighted by atomic mass is 10.1. The molecule has 0 bridgehead atoms. The molecule has 2 rings (SSSR count). The Kier molecular flexibility index (Phi) is 5.72. The van der Waals surface area contributed by atoms with Crippen LogP contribution in [0.1, 0.15) is 11.6 Å². The maximum Gasteiger partial charge on any atom is 0.128 e. The maximum absolute atomic E-state index is 6.00. The fraction of sp³-hybridized carbons (Fsp3) is 0.214. The van der Waals surface area contributed by atoms with Gasteiger partial charge in [-0.15, -0.1) is 11.8 Å². The molecule has 1 aromatic heterocycles. The largest absolute Gasteiger partial charge is 0.383 e. The molecule has 3 nitrogen and oxygen atoms in total. The molecule has 3 N–H and O–H groups in total. The van der Waals surface area contributed by atoms with Crippen LogP contribution in [0.25, 0.3) is 0 Å². The standard InChI is InChI=1S/C14H15BrClN3S/c1-18-13(12-6-10(16)7-19-14(12)17)8-20-11-4-2-3-9(15)5-11/h2-7,13,18H,8H2,1H3,(H2,17,19). The molecule has 6 heteroatoms. The number of nitrogens with one attached hydrogen (secondary N) is 1.